The van der Waals surface area contributed by atoms with E-state index in [1.165, 1.54) is 12.1 Å². The van der Waals surface area contributed by atoms with Gasteiger partial charge in [-0.1, -0.05) is 36.2 Å². The van der Waals surface area contributed by atoms with Gasteiger partial charge in [-0.25, -0.2) is 8.42 Å². The smallest absolute Gasteiger partial charge is 0.330 e. The molecule has 0 radical (unpaired) electrons. The average Bonchev–Trinajstić information content (AvgIpc) is 2.47. The Balaban J connectivity index is 3.35. The van der Waals surface area contributed by atoms with Crippen molar-refractivity contribution < 1.29 is 23.2 Å². The van der Waals surface area contributed by atoms with Crippen LogP contribution in [-0.4, -0.2) is 37.2 Å². The van der Waals surface area contributed by atoms with E-state index in [-0.39, 0.29) is 23.6 Å². The molecule has 7 heteroatoms. The van der Waals surface area contributed by atoms with Gasteiger partial charge in [-0.2, -0.15) is 0 Å². The molecular weight excluding hydrogens is 306 g/mol. The van der Waals surface area contributed by atoms with Crippen molar-refractivity contribution in [3.05, 3.63) is 29.8 Å². The van der Waals surface area contributed by atoms with Crippen LogP contribution in [0.4, 0.5) is 0 Å². The van der Waals surface area contributed by atoms with E-state index in [4.69, 9.17) is 9.94 Å². The number of carbonyl (C=O) groups excluding carboxylic acids is 1. The van der Waals surface area contributed by atoms with Gasteiger partial charge in [0, 0.05) is 0 Å². The third-order valence-corrected chi connectivity index (χ3v) is 5.11. The first-order valence-electron chi connectivity index (χ1n) is 7.06. The van der Waals surface area contributed by atoms with Gasteiger partial charge in [-0.05, 0) is 32.4 Å². The third-order valence-electron chi connectivity index (χ3n) is 3.10. The molecule has 0 heterocycles. The second-order valence-corrected chi connectivity index (χ2v) is 6.86. The second kappa shape index (κ2) is 7.93. The second-order valence-electron chi connectivity index (χ2n) is 4.83. The van der Waals surface area contributed by atoms with Gasteiger partial charge in [0.1, 0.15) is 0 Å². The summed E-state index contributed by atoms with van der Waals surface area (Å²) in [6, 6.07) is 6.14. The first-order valence-corrected chi connectivity index (χ1v) is 8.61. The topological polar surface area (TPSA) is 93.0 Å². The van der Waals surface area contributed by atoms with Crippen LogP contribution in [0, 0.1) is 6.92 Å². The predicted molar refractivity (Wildman–Crippen MR) is 82.9 cm³/mol. The van der Waals surface area contributed by atoms with E-state index in [0.717, 1.165) is 5.56 Å². The fraction of sp³-hybridized carbons (Fsp3) is 0.467. The van der Waals surface area contributed by atoms with E-state index in [2.05, 4.69) is 5.16 Å². The predicted octanol–water partition coefficient (Wildman–Crippen LogP) is 2.33. The Hall–Kier alpha value is -1.89. The number of oxime groups is 1. The minimum Gasteiger partial charge on any atom is -0.465 e. The molecule has 0 aliphatic carbocycles. The van der Waals surface area contributed by atoms with Gasteiger partial charge in [0.05, 0.1) is 17.2 Å². The van der Waals surface area contributed by atoms with Crippen LogP contribution in [-0.2, 0) is 19.4 Å². The minimum atomic E-state index is -4.04. The molecule has 0 spiro atoms. The Kier molecular flexibility index (Phi) is 6.55. The van der Waals surface area contributed by atoms with Crippen LogP contribution in [0.15, 0.2) is 34.3 Å². The summed E-state index contributed by atoms with van der Waals surface area (Å²) in [5, 5.41) is 10.5. The van der Waals surface area contributed by atoms with Crippen molar-refractivity contribution in [2.75, 3.05) is 6.61 Å². The number of esters is 1. The fourth-order valence-corrected chi connectivity index (χ4v) is 3.65. The molecule has 0 fully saturated rings. The first kappa shape index (κ1) is 18.2. The van der Waals surface area contributed by atoms with Crippen LogP contribution in [0.25, 0.3) is 0 Å². The van der Waals surface area contributed by atoms with Crippen molar-refractivity contribution in [1.29, 1.82) is 0 Å². The van der Waals surface area contributed by atoms with Crippen LogP contribution in [0.5, 0.6) is 0 Å². The lowest BCUT2D eigenvalue weighted by Crippen LogP contribution is -2.39. The zero-order valence-electron chi connectivity index (χ0n) is 12.9. The van der Waals surface area contributed by atoms with Gasteiger partial charge in [0.2, 0.25) is 5.25 Å². The standard InChI is InChI=1S/C15H21NO5S/c1-4-6-13(16-18)14(15(17)21-5-2)22(19,20)12-9-7-11(3)8-10-12/h7-10,14,18H,4-6H2,1-3H3/b16-13+. The summed E-state index contributed by atoms with van der Waals surface area (Å²) in [5.74, 6) is -0.927. The summed E-state index contributed by atoms with van der Waals surface area (Å²) in [4.78, 5) is 12.1. The molecule has 1 N–H and O–H groups in total. The number of aryl methyl sites for hydroxylation is 1. The van der Waals surface area contributed by atoms with Gasteiger partial charge in [0.25, 0.3) is 0 Å². The van der Waals surface area contributed by atoms with Crippen molar-refractivity contribution in [3.63, 3.8) is 0 Å². The van der Waals surface area contributed by atoms with Crippen LogP contribution < -0.4 is 0 Å². The quantitative estimate of drug-likeness (QED) is 0.359. The molecule has 0 aliphatic heterocycles. The van der Waals surface area contributed by atoms with Crippen molar-refractivity contribution in [1.82, 2.24) is 0 Å². The SMILES string of the molecule is CCC/C(=N\O)C(C(=O)OCC)S(=O)(=O)c1ccc(C)cc1. The molecule has 0 amide bonds. The minimum absolute atomic E-state index is 0.00611. The van der Waals surface area contributed by atoms with Gasteiger partial charge in [-0.15, -0.1) is 0 Å². The monoisotopic (exact) mass is 327 g/mol. The number of carbonyl (C=O) groups is 1. The Morgan fingerprint density at radius 2 is 1.86 bits per heavy atom. The van der Waals surface area contributed by atoms with E-state index >= 15 is 0 Å². The maximum atomic E-state index is 12.7. The Morgan fingerprint density at radius 1 is 1.27 bits per heavy atom. The summed E-state index contributed by atoms with van der Waals surface area (Å²) in [6.45, 7) is 5.26. The lowest BCUT2D eigenvalue weighted by molar-refractivity contribution is -0.141. The molecule has 6 nitrogen and oxygen atoms in total. The Bertz CT molecular complexity index is 634. The number of hydrogen-bond donors (Lipinski definition) is 1. The van der Waals surface area contributed by atoms with Crippen molar-refractivity contribution in [2.24, 2.45) is 5.16 Å². The Morgan fingerprint density at radius 3 is 2.32 bits per heavy atom. The number of ether oxygens (including phenoxy) is 1. The molecule has 122 valence electrons. The van der Waals surface area contributed by atoms with Gasteiger partial charge in [0.15, 0.2) is 9.84 Å². The fourth-order valence-electron chi connectivity index (χ4n) is 2.01. The number of hydrogen-bond acceptors (Lipinski definition) is 6. The molecule has 22 heavy (non-hydrogen) atoms. The number of nitrogens with zero attached hydrogens (tertiary/aromatic N) is 1. The molecule has 0 saturated heterocycles. The maximum absolute atomic E-state index is 12.7. The summed E-state index contributed by atoms with van der Waals surface area (Å²) >= 11 is 0. The van der Waals surface area contributed by atoms with Gasteiger partial charge in [-0.3, -0.25) is 4.79 Å². The summed E-state index contributed by atoms with van der Waals surface area (Å²) in [7, 11) is -4.04. The number of rotatable bonds is 7. The highest BCUT2D eigenvalue weighted by Crippen LogP contribution is 2.21. The van der Waals surface area contributed by atoms with Crippen LogP contribution in [0.2, 0.25) is 0 Å². The molecule has 1 unspecified atom stereocenters. The van der Waals surface area contributed by atoms with E-state index in [1.807, 2.05) is 6.92 Å². The lowest BCUT2D eigenvalue weighted by Gasteiger charge is -2.17. The highest BCUT2D eigenvalue weighted by molar-refractivity contribution is 7.93. The maximum Gasteiger partial charge on any atom is 0.330 e. The van der Waals surface area contributed by atoms with Crippen molar-refractivity contribution in [3.8, 4) is 0 Å². The largest absolute Gasteiger partial charge is 0.465 e. The first-order chi connectivity index (χ1) is 10.4. The molecule has 1 atom stereocenters. The van der Waals surface area contributed by atoms with Gasteiger partial charge >= 0.3 is 5.97 Å². The zero-order chi connectivity index (χ0) is 16.8. The Labute approximate surface area is 130 Å². The van der Waals surface area contributed by atoms with Crippen LogP contribution in [0.1, 0.15) is 32.3 Å². The van der Waals surface area contributed by atoms with Gasteiger partial charge < -0.3 is 9.94 Å². The van der Waals surface area contributed by atoms with Crippen molar-refractivity contribution in [2.45, 2.75) is 43.8 Å². The number of benzene rings is 1. The van der Waals surface area contributed by atoms with Crippen molar-refractivity contribution >= 4 is 21.5 Å². The molecule has 0 aliphatic rings. The lowest BCUT2D eigenvalue weighted by atomic mass is 10.1. The average molecular weight is 327 g/mol. The highest BCUT2D eigenvalue weighted by atomic mass is 32.2. The van der Waals surface area contributed by atoms with E-state index in [9.17, 15) is 13.2 Å². The highest BCUT2D eigenvalue weighted by Gasteiger charge is 2.39. The number of sulfone groups is 1. The van der Waals surface area contributed by atoms with E-state index < -0.39 is 21.1 Å². The third kappa shape index (κ3) is 4.07. The molecule has 0 aromatic heterocycles. The van der Waals surface area contributed by atoms with Crippen LogP contribution in [0.3, 0.4) is 0 Å². The molecule has 0 saturated carbocycles. The molecule has 1 aromatic rings. The summed E-state index contributed by atoms with van der Waals surface area (Å²) in [5.41, 5.74) is 0.790. The normalized spacial score (nSPS) is 13.7. The summed E-state index contributed by atoms with van der Waals surface area (Å²) < 4.78 is 30.3. The molecule has 0 bridgehead atoms. The zero-order valence-corrected chi connectivity index (χ0v) is 13.8. The molecule has 1 aromatic carbocycles. The molecular formula is C15H21NO5S. The van der Waals surface area contributed by atoms with E-state index in [0.29, 0.717) is 6.42 Å². The van der Waals surface area contributed by atoms with Crippen LogP contribution >= 0.6 is 0 Å². The van der Waals surface area contributed by atoms with E-state index in [1.54, 1.807) is 26.0 Å². The molecule has 1 rings (SSSR count). The summed E-state index contributed by atoms with van der Waals surface area (Å²) in [6.07, 6.45) is 0.726.